The Morgan fingerprint density at radius 1 is 1.10 bits per heavy atom. The molecule has 0 saturated heterocycles. The first-order chi connectivity index (χ1) is 15.1. The van der Waals surface area contributed by atoms with Crippen LogP contribution in [0.4, 0.5) is 0 Å². The first kappa shape index (κ1) is 23.1. The second-order valence-corrected chi connectivity index (χ2v) is 8.46. The zero-order valence-corrected chi connectivity index (χ0v) is 18.8. The van der Waals surface area contributed by atoms with Gasteiger partial charge >= 0.3 is 0 Å². The quantitative estimate of drug-likeness (QED) is 0.596. The first-order valence-electron chi connectivity index (χ1n) is 11.1. The molecular formula is C25H31ClN2O3. The first-order valence-corrected chi connectivity index (χ1v) is 11.5. The predicted octanol–water partition coefficient (Wildman–Crippen LogP) is 4.98. The van der Waals surface area contributed by atoms with Crippen LogP contribution in [0.5, 0.6) is 5.75 Å². The topological polar surface area (TPSA) is 58.6 Å². The Balaban J connectivity index is 1.72. The molecule has 0 aliphatic heterocycles. The van der Waals surface area contributed by atoms with Gasteiger partial charge < -0.3 is 15.0 Å². The molecule has 0 unspecified atom stereocenters. The zero-order valence-electron chi connectivity index (χ0n) is 18.1. The van der Waals surface area contributed by atoms with Gasteiger partial charge in [-0.25, -0.2) is 0 Å². The number of nitrogens with one attached hydrogen (secondary N) is 1. The fourth-order valence-electron chi connectivity index (χ4n) is 4.03. The zero-order chi connectivity index (χ0) is 22.1. The summed E-state index contributed by atoms with van der Waals surface area (Å²) in [6.45, 7) is 2.14. The predicted molar refractivity (Wildman–Crippen MR) is 123 cm³/mol. The Morgan fingerprint density at radius 3 is 2.52 bits per heavy atom. The van der Waals surface area contributed by atoms with Crippen molar-refractivity contribution in [3.8, 4) is 5.75 Å². The second kappa shape index (κ2) is 11.8. The smallest absolute Gasteiger partial charge is 0.261 e. The molecule has 3 rings (SSSR count). The Labute approximate surface area is 189 Å². The van der Waals surface area contributed by atoms with E-state index in [0.29, 0.717) is 23.7 Å². The molecule has 1 aliphatic carbocycles. The molecule has 1 N–H and O–H groups in total. The summed E-state index contributed by atoms with van der Waals surface area (Å²) < 4.78 is 5.68. The Kier molecular flexibility index (Phi) is 8.77. The SMILES string of the molecule is CC[C@H](C(=O)NC1CCCCC1)N(Cc1ccccc1)C(=O)COc1cccc(Cl)c1. The molecule has 5 nitrogen and oxygen atoms in total. The highest BCUT2D eigenvalue weighted by atomic mass is 35.5. The number of rotatable bonds is 9. The van der Waals surface area contributed by atoms with E-state index in [4.69, 9.17) is 16.3 Å². The maximum Gasteiger partial charge on any atom is 0.261 e. The van der Waals surface area contributed by atoms with E-state index in [0.717, 1.165) is 31.2 Å². The summed E-state index contributed by atoms with van der Waals surface area (Å²) in [5, 5.41) is 3.73. The lowest BCUT2D eigenvalue weighted by Crippen LogP contribution is -2.52. The monoisotopic (exact) mass is 442 g/mol. The minimum Gasteiger partial charge on any atom is -0.484 e. The van der Waals surface area contributed by atoms with Crippen LogP contribution in [0.2, 0.25) is 5.02 Å². The number of halogens is 1. The summed E-state index contributed by atoms with van der Waals surface area (Å²) in [5.41, 5.74) is 0.975. The van der Waals surface area contributed by atoms with Crippen molar-refractivity contribution in [3.63, 3.8) is 0 Å². The Hall–Kier alpha value is -2.53. The number of amides is 2. The van der Waals surface area contributed by atoms with Crippen LogP contribution in [0.25, 0.3) is 0 Å². The van der Waals surface area contributed by atoms with E-state index in [1.165, 1.54) is 6.42 Å². The molecule has 2 amide bonds. The Morgan fingerprint density at radius 2 is 1.84 bits per heavy atom. The lowest BCUT2D eigenvalue weighted by molar-refractivity contribution is -0.143. The van der Waals surface area contributed by atoms with Crippen LogP contribution in [0, 0.1) is 0 Å². The summed E-state index contributed by atoms with van der Waals surface area (Å²) >= 11 is 6.01. The Bertz CT molecular complexity index is 853. The molecule has 2 aromatic carbocycles. The molecule has 166 valence electrons. The van der Waals surface area contributed by atoms with Gasteiger partial charge in [-0.3, -0.25) is 9.59 Å². The standard InChI is InChI=1S/C25H31ClN2O3/c1-2-23(25(30)27-21-13-7-4-8-14-21)28(17-19-10-5-3-6-11-19)24(29)18-31-22-15-9-12-20(26)16-22/h3,5-6,9-12,15-16,21,23H,2,4,7-8,13-14,17-18H2,1H3,(H,27,30)/t23-/m1/s1. The van der Waals surface area contributed by atoms with E-state index < -0.39 is 6.04 Å². The van der Waals surface area contributed by atoms with Crippen molar-refractivity contribution in [1.29, 1.82) is 0 Å². The summed E-state index contributed by atoms with van der Waals surface area (Å²) in [6, 6.07) is 16.3. The summed E-state index contributed by atoms with van der Waals surface area (Å²) in [6.07, 6.45) is 6.06. The van der Waals surface area contributed by atoms with Gasteiger partial charge in [0.05, 0.1) is 0 Å². The second-order valence-electron chi connectivity index (χ2n) is 8.02. The summed E-state index contributed by atoms with van der Waals surface area (Å²) in [5.74, 6) is 0.219. The molecule has 2 aromatic rings. The number of carbonyl (C=O) groups excluding carboxylic acids is 2. The third-order valence-corrected chi connectivity index (χ3v) is 5.93. The van der Waals surface area contributed by atoms with Crippen molar-refractivity contribution < 1.29 is 14.3 Å². The van der Waals surface area contributed by atoms with E-state index in [2.05, 4.69) is 5.32 Å². The van der Waals surface area contributed by atoms with Gasteiger partial charge in [-0.1, -0.05) is 74.2 Å². The van der Waals surface area contributed by atoms with Crippen molar-refractivity contribution in [2.45, 2.75) is 64.1 Å². The number of carbonyl (C=O) groups is 2. The minimum absolute atomic E-state index is 0.0820. The lowest BCUT2D eigenvalue weighted by atomic mass is 9.95. The lowest BCUT2D eigenvalue weighted by Gasteiger charge is -2.32. The van der Waals surface area contributed by atoms with E-state index in [1.807, 2.05) is 37.3 Å². The van der Waals surface area contributed by atoms with Gasteiger partial charge in [0.2, 0.25) is 5.91 Å². The van der Waals surface area contributed by atoms with Crippen molar-refractivity contribution in [2.75, 3.05) is 6.61 Å². The summed E-state index contributed by atoms with van der Waals surface area (Å²) in [4.78, 5) is 28.0. The molecule has 0 radical (unpaired) electrons. The molecule has 31 heavy (non-hydrogen) atoms. The van der Waals surface area contributed by atoms with E-state index in [9.17, 15) is 9.59 Å². The van der Waals surface area contributed by atoms with Crippen LogP contribution in [0.3, 0.4) is 0 Å². The largest absolute Gasteiger partial charge is 0.484 e. The highest BCUT2D eigenvalue weighted by Gasteiger charge is 2.30. The van der Waals surface area contributed by atoms with Gasteiger partial charge in [-0.05, 0) is 43.0 Å². The average molecular weight is 443 g/mol. The molecule has 1 atom stereocenters. The molecule has 0 heterocycles. The summed E-state index contributed by atoms with van der Waals surface area (Å²) in [7, 11) is 0. The third kappa shape index (κ3) is 7.00. The van der Waals surface area contributed by atoms with Gasteiger partial charge in [-0.2, -0.15) is 0 Å². The highest BCUT2D eigenvalue weighted by Crippen LogP contribution is 2.20. The molecular weight excluding hydrogens is 412 g/mol. The normalized spacial score (nSPS) is 15.2. The molecule has 0 spiro atoms. The number of hydrogen-bond acceptors (Lipinski definition) is 3. The fourth-order valence-corrected chi connectivity index (χ4v) is 4.21. The van der Waals surface area contributed by atoms with Crippen LogP contribution < -0.4 is 10.1 Å². The molecule has 0 bridgehead atoms. The molecule has 1 fully saturated rings. The van der Waals surface area contributed by atoms with Gasteiger partial charge in [0, 0.05) is 17.6 Å². The number of ether oxygens (including phenoxy) is 1. The number of benzene rings is 2. The van der Waals surface area contributed by atoms with E-state index in [-0.39, 0.29) is 24.5 Å². The average Bonchev–Trinajstić information content (AvgIpc) is 2.79. The maximum absolute atomic E-state index is 13.2. The van der Waals surface area contributed by atoms with Crippen LogP contribution >= 0.6 is 11.6 Å². The van der Waals surface area contributed by atoms with Gasteiger partial charge in [0.25, 0.3) is 5.91 Å². The number of nitrogens with zero attached hydrogens (tertiary/aromatic N) is 1. The fraction of sp³-hybridized carbons (Fsp3) is 0.440. The van der Waals surface area contributed by atoms with Crippen LogP contribution in [0.15, 0.2) is 54.6 Å². The molecule has 0 aromatic heterocycles. The third-order valence-electron chi connectivity index (χ3n) is 5.69. The van der Waals surface area contributed by atoms with Crippen molar-refractivity contribution >= 4 is 23.4 Å². The molecule has 6 heteroatoms. The molecule has 1 aliphatic rings. The van der Waals surface area contributed by atoms with Crippen molar-refractivity contribution in [1.82, 2.24) is 10.2 Å². The van der Waals surface area contributed by atoms with Crippen LogP contribution in [-0.2, 0) is 16.1 Å². The maximum atomic E-state index is 13.2. The molecule has 1 saturated carbocycles. The van der Waals surface area contributed by atoms with E-state index >= 15 is 0 Å². The van der Waals surface area contributed by atoms with Crippen molar-refractivity contribution in [2.24, 2.45) is 0 Å². The van der Waals surface area contributed by atoms with Gasteiger partial charge in [0.15, 0.2) is 6.61 Å². The van der Waals surface area contributed by atoms with Crippen LogP contribution in [-0.4, -0.2) is 35.4 Å². The van der Waals surface area contributed by atoms with Gasteiger partial charge in [0.1, 0.15) is 11.8 Å². The number of hydrogen-bond donors (Lipinski definition) is 1. The van der Waals surface area contributed by atoms with Crippen molar-refractivity contribution in [3.05, 3.63) is 65.2 Å². The minimum atomic E-state index is -0.544. The van der Waals surface area contributed by atoms with E-state index in [1.54, 1.807) is 29.2 Å². The highest BCUT2D eigenvalue weighted by molar-refractivity contribution is 6.30. The van der Waals surface area contributed by atoms with Crippen LogP contribution in [0.1, 0.15) is 51.0 Å². The van der Waals surface area contributed by atoms with Gasteiger partial charge in [-0.15, -0.1) is 0 Å².